The molecular weight excluding hydrogens is 123 g/mol. The van der Waals surface area contributed by atoms with E-state index in [1.165, 1.54) is 25.7 Å². The van der Waals surface area contributed by atoms with Crippen molar-refractivity contribution < 1.29 is 1.43 Å². The Hall–Kier alpha value is 0.532. The summed E-state index contributed by atoms with van der Waals surface area (Å²) >= 11 is 0.389. The predicted molar refractivity (Wildman–Crippen MR) is 48.7 cm³/mol. The third kappa shape index (κ3) is 8.53. The van der Waals surface area contributed by atoms with Crippen molar-refractivity contribution in [2.45, 2.75) is 50.1 Å². The Labute approximate surface area is 67.2 Å². The second-order valence-electron chi connectivity index (χ2n) is 2.77. The number of rotatable bonds is 6. The molecule has 0 spiro atoms. The molecule has 0 atom stereocenters. The number of hydrogen-bond acceptors (Lipinski definition) is 0. The standard InChI is InChI=1S/2C4H9.Al.H2.H/c2*1-3-4-2;;;/h2*1,3-4H2,2H3;;1H;. The van der Waals surface area contributed by atoms with Gasteiger partial charge in [-0.3, -0.25) is 0 Å². The lowest BCUT2D eigenvalue weighted by Crippen LogP contribution is -1.87. The first-order chi connectivity index (χ1) is 4.41. The molecule has 1 heteroatoms. The largest absolute Gasteiger partial charge is 0.236 e. The molecule has 0 bridgehead atoms. The molecule has 0 saturated heterocycles. The molecule has 0 aliphatic carbocycles. The summed E-state index contributed by atoms with van der Waals surface area (Å²) in [5.74, 6) is 0. The first kappa shape index (κ1) is 9.53. The SMILES string of the molecule is CCC[CH2][AlH][CH2]CCC.[HH]. The Balaban J connectivity index is 0. The lowest BCUT2D eigenvalue weighted by molar-refractivity contribution is 0.851. The molecule has 0 saturated carbocycles. The van der Waals surface area contributed by atoms with Gasteiger partial charge < -0.3 is 0 Å². The van der Waals surface area contributed by atoms with Gasteiger partial charge in [0.2, 0.25) is 15.2 Å². The second-order valence-corrected chi connectivity index (χ2v) is 4.89. The molecule has 0 aromatic heterocycles. The molecule has 0 nitrogen and oxygen atoms in total. The van der Waals surface area contributed by atoms with Crippen molar-refractivity contribution in [1.29, 1.82) is 0 Å². The molecule has 0 aromatic rings. The van der Waals surface area contributed by atoms with Crippen LogP contribution in [0.3, 0.4) is 0 Å². The van der Waals surface area contributed by atoms with Crippen molar-refractivity contribution in [3.05, 3.63) is 0 Å². The third-order valence-corrected chi connectivity index (χ3v) is 3.71. The van der Waals surface area contributed by atoms with E-state index in [9.17, 15) is 0 Å². The van der Waals surface area contributed by atoms with E-state index >= 15 is 0 Å². The van der Waals surface area contributed by atoms with E-state index in [0.29, 0.717) is 15.2 Å². The molecule has 9 heavy (non-hydrogen) atoms. The first-order valence-electron chi connectivity index (χ1n) is 4.41. The fraction of sp³-hybridized carbons (Fsp3) is 1.00. The highest BCUT2D eigenvalue weighted by molar-refractivity contribution is 6.35. The van der Waals surface area contributed by atoms with E-state index in [4.69, 9.17) is 0 Å². The topological polar surface area (TPSA) is 0 Å². The summed E-state index contributed by atoms with van der Waals surface area (Å²) in [6, 6.07) is 0. The van der Waals surface area contributed by atoms with Crippen molar-refractivity contribution in [1.82, 2.24) is 0 Å². The van der Waals surface area contributed by atoms with Crippen LogP contribution < -0.4 is 0 Å². The molecule has 0 aliphatic rings. The lowest BCUT2D eigenvalue weighted by atomic mass is 10.4. The van der Waals surface area contributed by atoms with Gasteiger partial charge in [0.1, 0.15) is 0 Å². The quantitative estimate of drug-likeness (QED) is 0.397. The minimum atomic E-state index is 0. The van der Waals surface area contributed by atoms with Crippen LogP contribution >= 0.6 is 0 Å². The highest BCUT2D eigenvalue weighted by Crippen LogP contribution is 1.99. The van der Waals surface area contributed by atoms with E-state index in [-0.39, 0.29) is 1.43 Å². The maximum Gasteiger partial charge on any atom is 0.236 e. The van der Waals surface area contributed by atoms with E-state index < -0.39 is 0 Å². The van der Waals surface area contributed by atoms with Gasteiger partial charge in [-0.05, 0) is 0 Å². The molecular formula is C8H21Al. The van der Waals surface area contributed by atoms with Crippen molar-refractivity contribution >= 4 is 15.2 Å². The molecule has 0 heterocycles. The molecule has 0 rings (SSSR count). The molecule has 0 fully saturated rings. The van der Waals surface area contributed by atoms with Crippen LogP contribution in [0.15, 0.2) is 0 Å². The summed E-state index contributed by atoms with van der Waals surface area (Å²) in [6.07, 6.45) is 5.80. The zero-order valence-electron chi connectivity index (χ0n) is 6.95. The van der Waals surface area contributed by atoms with Crippen LogP contribution in [0.5, 0.6) is 0 Å². The molecule has 0 radical (unpaired) electrons. The summed E-state index contributed by atoms with van der Waals surface area (Å²) in [7, 11) is 0. The minimum Gasteiger partial charge on any atom is -0.0973 e. The van der Waals surface area contributed by atoms with Gasteiger partial charge in [0.25, 0.3) is 0 Å². The van der Waals surface area contributed by atoms with Crippen LogP contribution in [-0.4, -0.2) is 15.2 Å². The van der Waals surface area contributed by atoms with Crippen molar-refractivity contribution in [2.24, 2.45) is 0 Å². The van der Waals surface area contributed by atoms with Gasteiger partial charge in [-0.2, -0.15) is 0 Å². The van der Waals surface area contributed by atoms with Gasteiger partial charge >= 0.3 is 0 Å². The minimum absolute atomic E-state index is 0. The van der Waals surface area contributed by atoms with E-state index in [1.54, 1.807) is 10.6 Å². The van der Waals surface area contributed by atoms with Crippen LogP contribution in [0.1, 0.15) is 41.0 Å². The van der Waals surface area contributed by atoms with Crippen molar-refractivity contribution in [3.63, 3.8) is 0 Å². The van der Waals surface area contributed by atoms with E-state index in [0.717, 1.165) is 0 Å². The Morgan fingerprint density at radius 3 is 1.78 bits per heavy atom. The van der Waals surface area contributed by atoms with Gasteiger partial charge in [-0.15, -0.1) is 0 Å². The fourth-order valence-corrected chi connectivity index (χ4v) is 3.09. The van der Waals surface area contributed by atoms with Crippen LogP contribution in [0.2, 0.25) is 10.6 Å². The third-order valence-electron chi connectivity index (χ3n) is 1.71. The second kappa shape index (κ2) is 8.53. The highest BCUT2D eigenvalue weighted by atomic mass is 27.1. The number of unbranched alkanes of at least 4 members (excludes halogenated alkanes) is 2. The lowest BCUT2D eigenvalue weighted by Gasteiger charge is -1.92. The molecule has 0 unspecified atom stereocenters. The molecule has 0 aromatic carbocycles. The summed E-state index contributed by atoms with van der Waals surface area (Å²) in [5, 5.41) is 3.19. The maximum atomic E-state index is 2.29. The average molecular weight is 144 g/mol. The smallest absolute Gasteiger partial charge is 0.0973 e. The normalized spacial score (nSPS) is 9.56. The van der Waals surface area contributed by atoms with E-state index in [1.807, 2.05) is 0 Å². The van der Waals surface area contributed by atoms with Crippen LogP contribution in [0, 0.1) is 0 Å². The van der Waals surface area contributed by atoms with Gasteiger partial charge in [0, 0.05) is 1.43 Å². The zero-order valence-corrected chi connectivity index (χ0v) is 8.36. The monoisotopic (exact) mass is 144 g/mol. The summed E-state index contributed by atoms with van der Waals surface area (Å²) in [4.78, 5) is 0. The zero-order chi connectivity index (χ0) is 6.95. The van der Waals surface area contributed by atoms with Crippen molar-refractivity contribution in [3.8, 4) is 0 Å². The predicted octanol–water partition coefficient (Wildman–Crippen LogP) is 3.11. The summed E-state index contributed by atoms with van der Waals surface area (Å²) in [6.45, 7) is 4.57. The van der Waals surface area contributed by atoms with Crippen LogP contribution in [-0.2, 0) is 0 Å². The highest BCUT2D eigenvalue weighted by Gasteiger charge is 1.90. The van der Waals surface area contributed by atoms with Crippen LogP contribution in [0.25, 0.3) is 0 Å². The average Bonchev–Trinajstić information content (AvgIpc) is 1.89. The molecule has 0 aliphatic heterocycles. The van der Waals surface area contributed by atoms with Crippen molar-refractivity contribution in [2.75, 3.05) is 0 Å². The maximum absolute atomic E-state index is 2.29. The Morgan fingerprint density at radius 2 is 1.44 bits per heavy atom. The summed E-state index contributed by atoms with van der Waals surface area (Å²) < 4.78 is 0. The number of hydrogen-bond donors (Lipinski definition) is 0. The molecule has 56 valence electrons. The van der Waals surface area contributed by atoms with E-state index in [2.05, 4.69) is 13.8 Å². The Bertz CT molecular complexity index is 42.5. The van der Waals surface area contributed by atoms with Crippen LogP contribution in [0.4, 0.5) is 0 Å². The first-order valence-corrected chi connectivity index (χ1v) is 6.41. The van der Waals surface area contributed by atoms with Gasteiger partial charge in [0.05, 0.1) is 0 Å². The van der Waals surface area contributed by atoms with Gasteiger partial charge in [-0.25, -0.2) is 0 Å². The molecule has 0 amide bonds. The Kier molecular flexibility index (Phi) is 9.04. The van der Waals surface area contributed by atoms with Gasteiger partial charge in [0.15, 0.2) is 0 Å². The summed E-state index contributed by atoms with van der Waals surface area (Å²) in [5.41, 5.74) is 0. The molecule has 0 N–H and O–H groups in total. The van der Waals surface area contributed by atoms with Gasteiger partial charge in [-0.1, -0.05) is 50.1 Å². The fourth-order valence-electron chi connectivity index (χ4n) is 1.03. The Morgan fingerprint density at radius 1 is 1.00 bits per heavy atom.